The number of carbonyl (C=O) groups is 1. The van der Waals surface area contributed by atoms with E-state index in [-0.39, 0.29) is 35.7 Å². The summed E-state index contributed by atoms with van der Waals surface area (Å²) in [6, 6.07) is 5.51. The van der Waals surface area contributed by atoms with E-state index < -0.39 is 51.7 Å². The molecule has 2 aromatic carbocycles. The molecule has 0 unspecified atom stereocenters. The molecule has 2 aliphatic rings. The van der Waals surface area contributed by atoms with Crippen molar-refractivity contribution in [3.05, 3.63) is 69.6 Å². The molecule has 39 heavy (non-hydrogen) atoms. The number of hydrogen-bond donors (Lipinski definition) is 3. The average Bonchev–Trinajstić information content (AvgIpc) is 2.89. The van der Waals surface area contributed by atoms with Gasteiger partial charge in [-0.05, 0) is 24.6 Å². The molecule has 1 aromatic heterocycles. The lowest BCUT2D eigenvalue weighted by molar-refractivity contribution is -0.138. The van der Waals surface area contributed by atoms with Crippen LogP contribution in [0.4, 0.5) is 33.3 Å². The van der Waals surface area contributed by atoms with Crippen molar-refractivity contribution in [1.82, 2.24) is 10.3 Å². The first-order valence-electron chi connectivity index (χ1n) is 12.0. The average molecular weight is 550 g/mol. The van der Waals surface area contributed by atoms with Gasteiger partial charge in [0.05, 0.1) is 22.4 Å². The Morgan fingerprint density at radius 1 is 1.10 bits per heavy atom. The summed E-state index contributed by atoms with van der Waals surface area (Å²) in [5.74, 6) is -2.79. The second kappa shape index (κ2) is 10.2. The van der Waals surface area contributed by atoms with Crippen molar-refractivity contribution < 1.29 is 36.2 Å². The number of ether oxygens (including phenoxy) is 2. The van der Waals surface area contributed by atoms with Crippen molar-refractivity contribution in [3.63, 3.8) is 0 Å². The molecule has 2 aliphatic heterocycles. The van der Waals surface area contributed by atoms with Crippen molar-refractivity contribution in [3.8, 4) is 22.6 Å². The van der Waals surface area contributed by atoms with Crippen LogP contribution in [-0.4, -0.2) is 49.8 Å². The third-order valence-electron chi connectivity index (χ3n) is 6.45. The van der Waals surface area contributed by atoms with Gasteiger partial charge in [-0.3, -0.25) is 9.59 Å². The standard InChI is InChI=1S/C26H23F5N4O4/c1-13-12-35(5-4-32-13)18-10-17(27)22(14-2-3-19-20(8-14)39-7-6-38-19)23(28)24(18)34-25(37)15-11-33-21(36)9-16(15)26(29,30)31/h2-3,8-11,13,32H,4-7,12H2,1H3,(H,33,36)(H,34,37)/t13-/m0/s1. The van der Waals surface area contributed by atoms with Crippen LogP contribution in [0.2, 0.25) is 0 Å². The van der Waals surface area contributed by atoms with Gasteiger partial charge in [-0.25, -0.2) is 8.78 Å². The van der Waals surface area contributed by atoms with Gasteiger partial charge in [0.25, 0.3) is 5.91 Å². The van der Waals surface area contributed by atoms with Gasteiger partial charge >= 0.3 is 6.18 Å². The first-order chi connectivity index (χ1) is 18.5. The van der Waals surface area contributed by atoms with Gasteiger partial charge in [0.1, 0.15) is 24.7 Å². The number of nitrogens with zero attached hydrogens (tertiary/aromatic N) is 1. The number of benzene rings is 2. The molecule has 5 rings (SSSR count). The third-order valence-corrected chi connectivity index (χ3v) is 6.45. The summed E-state index contributed by atoms with van der Waals surface area (Å²) in [4.78, 5) is 28.3. The lowest BCUT2D eigenvalue weighted by Crippen LogP contribution is -2.49. The van der Waals surface area contributed by atoms with Gasteiger partial charge in [0.15, 0.2) is 17.3 Å². The summed E-state index contributed by atoms with van der Waals surface area (Å²) < 4.78 is 83.5. The molecule has 0 spiro atoms. The van der Waals surface area contributed by atoms with Crippen LogP contribution < -0.4 is 30.6 Å². The predicted molar refractivity (Wildman–Crippen MR) is 132 cm³/mol. The summed E-state index contributed by atoms with van der Waals surface area (Å²) in [7, 11) is 0. The molecule has 0 radical (unpaired) electrons. The zero-order chi connectivity index (χ0) is 27.9. The summed E-state index contributed by atoms with van der Waals surface area (Å²) in [6.45, 7) is 3.52. The monoisotopic (exact) mass is 550 g/mol. The highest BCUT2D eigenvalue weighted by molar-refractivity contribution is 6.07. The second-order valence-corrected chi connectivity index (χ2v) is 9.18. The Balaban J connectivity index is 1.63. The SMILES string of the molecule is C[C@H]1CN(c2cc(F)c(-c3ccc4c(c3)OCCO4)c(F)c2NC(=O)c2c[nH]c(=O)cc2C(F)(F)F)CCN1. The van der Waals surface area contributed by atoms with Gasteiger partial charge in [-0.15, -0.1) is 0 Å². The van der Waals surface area contributed by atoms with E-state index in [1.54, 1.807) is 4.90 Å². The van der Waals surface area contributed by atoms with Gasteiger partial charge in [0, 0.05) is 44.0 Å². The quantitative estimate of drug-likeness (QED) is 0.423. The van der Waals surface area contributed by atoms with Crippen molar-refractivity contribution in [2.24, 2.45) is 0 Å². The molecule has 0 bridgehead atoms. The lowest BCUT2D eigenvalue weighted by atomic mass is 10.00. The predicted octanol–water partition coefficient (Wildman–Crippen LogP) is 4.16. The largest absolute Gasteiger partial charge is 0.486 e. The number of nitrogens with one attached hydrogen (secondary N) is 3. The smallest absolute Gasteiger partial charge is 0.417 e. The molecular formula is C26H23F5N4O4. The number of hydrogen-bond acceptors (Lipinski definition) is 6. The highest BCUT2D eigenvalue weighted by atomic mass is 19.4. The number of carbonyl (C=O) groups excluding carboxylic acids is 1. The lowest BCUT2D eigenvalue weighted by Gasteiger charge is -2.35. The van der Waals surface area contributed by atoms with Crippen LogP contribution in [0.3, 0.4) is 0 Å². The van der Waals surface area contributed by atoms with E-state index in [0.29, 0.717) is 38.2 Å². The topological polar surface area (TPSA) is 95.7 Å². The first kappa shape index (κ1) is 26.5. The van der Waals surface area contributed by atoms with Gasteiger partial charge in [-0.2, -0.15) is 13.2 Å². The number of alkyl halides is 3. The number of aromatic nitrogens is 1. The first-order valence-corrected chi connectivity index (χ1v) is 12.0. The van der Waals surface area contributed by atoms with Crippen LogP contribution in [0.5, 0.6) is 11.5 Å². The van der Waals surface area contributed by atoms with Crippen LogP contribution in [0.1, 0.15) is 22.8 Å². The molecule has 0 aliphatic carbocycles. The van der Waals surface area contributed by atoms with Gasteiger partial charge in [0.2, 0.25) is 5.56 Å². The molecule has 1 fully saturated rings. The molecule has 3 N–H and O–H groups in total. The number of piperazine rings is 1. The summed E-state index contributed by atoms with van der Waals surface area (Å²) >= 11 is 0. The number of rotatable bonds is 4. The molecule has 8 nitrogen and oxygen atoms in total. The van der Waals surface area contributed by atoms with Crippen LogP contribution in [0, 0.1) is 11.6 Å². The zero-order valence-corrected chi connectivity index (χ0v) is 20.5. The Hall–Kier alpha value is -4.13. The summed E-state index contributed by atoms with van der Waals surface area (Å²) in [5.41, 5.74) is -4.45. The van der Waals surface area contributed by atoms with Gasteiger partial charge < -0.3 is 30.0 Å². The minimum absolute atomic E-state index is 0.0361. The van der Waals surface area contributed by atoms with Crippen molar-refractivity contribution >= 4 is 17.3 Å². The fraction of sp³-hybridized carbons (Fsp3) is 0.308. The van der Waals surface area contributed by atoms with Crippen molar-refractivity contribution in [2.75, 3.05) is 43.1 Å². The summed E-state index contributed by atoms with van der Waals surface area (Å²) in [6.07, 6.45) is -4.42. The van der Waals surface area contributed by atoms with Crippen molar-refractivity contribution in [1.29, 1.82) is 0 Å². The Kier molecular flexibility index (Phi) is 6.93. The van der Waals surface area contributed by atoms with Crippen LogP contribution in [-0.2, 0) is 6.18 Å². The van der Waals surface area contributed by atoms with E-state index in [0.717, 1.165) is 6.07 Å². The van der Waals surface area contributed by atoms with Gasteiger partial charge in [-0.1, -0.05) is 6.07 Å². The number of pyridine rings is 1. The number of amides is 1. The van der Waals surface area contributed by atoms with Crippen LogP contribution in [0.25, 0.3) is 11.1 Å². The number of halogens is 5. The van der Waals surface area contributed by atoms with E-state index in [4.69, 9.17) is 9.47 Å². The van der Waals surface area contributed by atoms with E-state index >= 15 is 8.78 Å². The molecule has 13 heteroatoms. The number of fused-ring (bicyclic) bond motifs is 1. The Labute approximate surface area is 218 Å². The van der Waals surface area contributed by atoms with Crippen molar-refractivity contribution in [2.45, 2.75) is 19.1 Å². The number of anilines is 2. The normalized spacial score (nSPS) is 17.2. The minimum atomic E-state index is -5.03. The minimum Gasteiger partial charge on any atom is -0.486 e. The Morgan fingerprint density at radius 3 is 2.56 bits per heavy atom. The van der Waals surface area contributed by atoms with E-state index in [2.05, 4.69) is 10.6 Å². The molecule has 206 valence electrons. The molecule has 3 aromatic rings. The molecular weight excluding hydrogens is 527 g/mol. The highest BCUT2D eigenvalue weighted by Gasteiger charge is 2.36. The number of aromatic amines is 1. The molecule has 0 saturated carbocycles. The van der Waals surface area contributed by atoms with E-state index in [1.165, 1.54) is 18.2 Å². The van der Waals surface area contributed by atoms with Crippen LogP contribution in [0.15, 0.2) is 41.3 Å². The molecule has 1 amide bonds. The highest BCUT2D eigenvalue weighted by Crippen LogP contribution is 2.42. The van der Waals surface area contributed by atoms with Crippen LogP contribution >= 0.6 is 0 Å². The molecule has 1 atom stereocenters. The van der Waals surface area contributed by atoms with E-state index in [1.807, 2.05) is 11.9 Å². The second-order valence-electron chi connectivity index (χ2n) is 9.18. The Morgan fingerprint density at radius 2 is 1.85 bits per heavy atom. The summed E-state index contributed by atoms with van der Waals surface area (Å²) in [5, 5.41) is 5.41. The fourth-order valence-corrected chi connectivity index (χ4v) is 4.66. The molecule has 1 saturated heterocycles. The maximum absolute atomic E-state index is 16.2. The maximum atomic E-state index is 16.2. The fourth-order valence-electron chi connectivity index (χ4n) is 4.66. The maximum Gasteiger partial charge on any atom is 0.417 e. The van der Waals surface area contributed by atoms with E-state index in [9.17, 15) is 22.8 Å². The Bertz CT molecular complexity index is 1490. The molecule has 3 heterocycles. The third kappa shape index (κ3) is 5.26. The number of H-pyrrole nitrogens is 1. The zero-order valence-electron chi connectivity index (χ0n) is 20.5.